The van der Waals surface area contributed by atoms with E-state index in [9.17, 15) is 4.79 Å². The molecule has 21 heavy (non-hydrogen) atoms. The minimum absolute atomic E-state index is 0.173. The van der Waals surface area contributed by atoms with Crippen molar-refractivity contribution in [2.75, 3.05) is 53.0 Å². The first-order valence-electron chi connectivity index (χ1n) is 8.50. The van der Waals surface area contributed by atoms with Crippen LogP contribution in [-0.4, -0.2) is 74.7 Å². The second kappa shape index (κ2) is 7.07. The first-order chi connectivity index (χ1) is 10.3. The molecule has 5 nitrogen and oxygen atoms in total. The molecule has 1 amide bonds. The second-order valence-electron chi connectivity index (χ2n) is 6.87. The summed E-state index contributed by atoms with van der Waals surface area (Å²) in [6, 6.07) is 0.804. The number of fused-ring (bicyclic) bond motifs is 3. The third-order valence-corrected chi connectivity index (χ3v) is 5.41. The molecular weight excluding hydrogens is 266 g/mol. The number of amides is 1. The highest BCUT2D eigenvalue weighted by Gasteiger charge is 2.47. The van der Waals surface area contributed by atoms with Gasteiger partial charge in [0.15, 0.2) is 0 Å². The van der Waals surface area contributed by atoms with Crippen molar-refractivity contribution in [2.24, 2.45) is 11.8 Å². The van der Waals surface area contributed by atoms with Gasteiger partial charge < -0.3 is 10.1 Å². The van der Waals surface area contributed by atoms with Crippen LogP contribution in [-0.2, 0) is 9.53 Å². The molecule has 0 saturated carbocycles. The number of carbonyl (C=O) groups is 1. The fourth-order valence-electron chi connectivity index (χ4n) is 4.48. The molecule has 0 spiro atoms. The van der Waals surface area contributed by atoms with Crippen LogP contribution in [0.25, 0.3) is 0 Å². The SMILES string of the molecule is COCCCNC(=O)CN1C[C@@H]2CN3CCCC[C@@H]3[C@H]2C1. The summed E-state index contributed by atoms with van der Waals surface area (Å²) in [5.41, 5.74) is 0. The Morgan fingerprint density at radius 1 is 1.29 bits per heavy atom. The number of ether oxygens (including phenoxy) is 1. The van der Waals surface area contributed by atoms with Gasteiger partial charge in [0.25, 0.3) is 0 Å². The zero-order chi connectivity index (χ0) is 14.7. The van der Waals surface area contributed by atoms with Crippen LogP contribution in [0.3, 0.4) is 0 Å². The van der Waals surface area contributed by atoms with Gasteiger partial charge in [0.1, 0.15) is 0 Å². The number of nitrogens with zero attached hydrogens (tertiary/aromatic N) is 2. The molecule has 3 heterocycles. The first-order valence-corrected chi connectivity index (χ1v) is 8.50. The smallest absolute Gasteiger partial charge is 0.234 e. The van der Waals surface area contributed by atoms with Crippen molar-refractivity contribution in [3.05, 3.63) is 0 Å². The van der Waals surface area contributed by atoms with Crippen LogP contribution in [0.1, 0.15) is 25.7 Å². The minimum Gasteiger partial charge on any atom is -0.385 e. The molecule has 0 unspecified atom stereocenters. The van der Waals surface area contributed by atoms with Crippen molar-refractivity contribution >= 4 is 5.91 Å². The quantitative estimate of drug-likeness (QED) is 0.727. The summed E-state index contributed by atoms with van der Waals surface area (Å²) in [7, 11) is 1.69. The number of rotatable bonds is 6. The summed E-state index contributed by atoms with van der Waals surface area (Å²) in [5, 5.41) is 3.00. The number of hydrogen-bond donors (Lipinski definition) is 1. The van der Waals surface area contributed by atoms with E-state index in [2.05, 4.69) is 15.1 Å². The van der Waals surface area contributed by atoms with E-state index in [0.717, 1.165) is 43.9 Å². The van der Waals surface area contributed by atoms with Crippen molar-refractivity contribution in [1.82, 2.24) is 15.1 Å². The highest BCUT2D eigenvalue weighted by atomic mass is 16.5. The average Bonchev–Trinajstić information content (AvgIpc) is 3.00. The molecule has 0 aromatic carbocycles. The number of piperidine rings is 1. The van der Waals surface area contributed by atoms with Crippen LogP contribution in [0, 0.1) is 11.8 Å². The number of carbonyl (C=O) groups excluding carboxylic acids is 1. The van der Waals surface area contributed by atoms with Crippen molar-refractivity contribution in [3.8, 4) is 0 Å². The molecule has 3 atom stereocenters. The van der Waals surface area contributed by atoms with Crippen molar-refractivity contribution in [2.45, 2.75) is 31.7 Å². The molecule has 5 heteroatoms. The maximum Gasteiger partial charge on any atom is 0.234 e. The molecule has 0 bridgehead atoms. The number of methoxy groups -OCH3 is 1. The molecule has 120 valence electrons. The van der Waals surface area contributed by atoms with E-state index in [-0.39, 0.29) is 5.91 Å². The van der Waals surface area contributed by atoms with Gasteiger partial charge in [0.2, 0.25) is 5.91 Å². The van der Waals surface area contributed by atoms with Crippen molar-refractivity contribution in [3.63, 3.8) is 0 Å². The second-order valence-corrected chi connectivity index (χ2v) is 6.87. The molecule has 3 fully saturated rings. The lowest BCUT2D eigenvalue weighted by molar-refractivity contribution is -0.122. The van der Waals surface area contributed by atoms with Gasteiger partial charge in [-0.1, -0.05) is 6.42 Å². The van der Waals surface area contributed by atoms with E-state index in [4.69, 9.17) is 4.74 Å². The lowest BCUT2D eigenvalue weighted by atomic mass is 9.90. The van der Waals surface area contributed by atoms with Gasteiger partial charge in [-0.15, -0.1) is 0 Å². The molecule has 0 radical (unpaired) electrons. The molecule has 1 N–H and O–H groups in total. The van der Waals surface area contributed by atoms with E-state index >= 15 is 0 Å². The topological polar surface area (TPSA) is 44.8 Å². The molecular formula is C16H29N3O2. The van der Waals surface area contributed by atoms with Gasteiger partial charge in [0, 0.05) is 45.9 Å². The fraction of sp³-hybridized carbons (Fsp3) is 0.938. The Morgan fingerprint density at radius 2 is 2.19 bits per heavy atom. The van der Waals surface area contributed by atoms with Gasteiger partial charge in [-0.3, -0.25) is 14.6 Å². The summed E-state index contributed by atoms with van der Waals surface area (Å²) in [6.07, 6.45) is 5.04. The van der Waals surface area contributed by atoms with Gasteiger partial charge in [-0.2, -0.15) is 0 Å². The zero-order valence-electron chi connectivity index (χ0n) is 13.2. The van der Waals surface area contributed by atoms with Crippen molar-refractivity contribution < 1.29 is 9.53 Å². The van der Waals surface area contributed by atoms with Crippen LogP contribution in [0.5, 0.6) is 0 Å². The first kappa shape index (κ1) is 15.3. The summed E-state index contributed by atoms with van der Waals surface area (Å²) in [4.78, 5) is 17.0. The molecule has 3 saturated heterocycles. The summed E-state index contributed by atoms with van der Waals surface area (Å²) >= 11 is 0. The van der Waals surface area contributed by atoms with E-state index in [1.165, 1.54) is 32.4 Å². The number of likely N-dealkylation sites (tertiary alicyclic amines) is 1. The van der Waals surface area contributed by atoms with Crippen LogP contribution in [0.15, 0.2) is 0 Å². The standard InChI is InChI=1S/C16H29N3O2/c1-21-8-4-6-17-16(20)12-18-9-13-10-19-7-3-2-5-15(19)14(13)11-18/h13-15H,2-12H2,1H3,(H,17,20)/t13-,14+,15-/m1/s1. The Morgan fingerprint density at radius 3 is 3.05 bits per heavy atom. The lowest BCUT2D eigenvalue weighted by Gasteiger charge is -2.33. The van der Waals surface area contributed by atoms with Gasteiger partial charge in [0.05, 0.1) is 6.54 Å². The van der Waals surface area contributed by atoms with Gasteiger partial charge >= 0.3 is 0 Å². The Kier molecular flexibility index (Phi) is 5.14. The highest BCUT2D eigenvalue weighted by Crippen LogP contribution is 2.40. The predicted octanol–water partition coefficient (Wildman–Crippen LogP) is 0.555. The average molecular weight is 295 g/mol. The van der Waals surface area contributed by atoms with Gasteiger partial charge in [-0.25, -0.2) is 0 Å². The minimum atomic E-state index is 0.173. The Labute approximate surface area is 128 Å². The molecule has 0 aromatic heterocycles. The van der Waals surface area contributed by atoms with Crippen LogP contribution >= 0.6 is 0 Å². The largest absolute Gasteiger partial charge is 0.385 e. The summed E-state index contributed by atoms with van der Waals surface area (Å²) in [5.74, 6) is 1.78. The molecule has 0 aliphatic carbocycles. The van der Waals surface area contributed by atoms with E-state index < -0.39 is 0 Å². The maximum absolute atomic E-state index is 12.0. The monoisotopic (exact) mass is 295 g/mol. The third-order valence-electron chi connectivity index (χ3n) is 5.41. The Bertz CT molecular complexity index is 363. The summed E-state index contributed by atoms with van der Waals surface area (Å²) in [6.45, 7) is 6.82. The fourth-order valence-corrected chi connectivity index (χ4v) is 4.48. The molecule has 3 rings (SSSR count). The van der Waals surface area contributed by atoms with Crippen molar-refractivity contribution in [1.29, 1.82) is 0 Å². The van der Waals surface area contributed by atoms with E-state index in [1.54, 1.807) is 7.11 Å². The molecule has 0 aromatic rings. The van der Waals surface area contributed by atoms with Crippen LogP contribution < -0.4 is 5.32 Å². The molecule has 3 aliphatic heterocycles. The predicted molar refractivity (Wildman–Crippen MR) is 82.1 cm³/mol. The van der Waals surface area contributed by atoms with Gasteiger partial charge in [-0.05, 0) is 37.6 Å². The molecule has 3 aliphatic rings. The normalized spacial score (nSPS) is 32.9. The highest BCUT2D eigenvalue weighted by molar-refractivity contribution is 5.78. The van der Waals surface area contributed by atoms with Crippen LogP contribution in [0.4, 0.5) is 0 Å². The van der Waals surface area contributed by atoms with E-state index in [1.807, 2.05) is 0 Å². The Balaban J connectivity index is 1.40. The zero-order valence-corrected chi connectivity index (χ0v) is 13.2. The van der Waals surface area contributed by atoms with Crippen LogP contribution in [0.2, 0.25) is 0 Å². The third kappa shape index (κ3) is 3.58. The number of hydrogen-bond acceptors (Lipinski definition) is 4. The lowest BCUT2D eigenvalue weighted by Crippen LogP contribution is -2.42. The summed E-state index contributed by atoms with van der Waals surface area (Å²) < 4.78 is 4.99. The maximum atomic E-state index is 12.0. The number of nitrogens with one attached hydrogen (secondary N) is 1. The van der Waals surface area contributed by atoms with E-state index in [0.29, 0.717) is 13.2 Å². The Hall–Kier alpha value is -0.650.